The number of likely N-dealkylation sites (tertiary alicyclic amines) is 1. The maximum absolute atomic E-state index is 8.86. The molecule has 1 aromatic heterocycles. The first-order valence-electron chi connectivity index (χ1n) is 6.11. The van der Waals surface area contributed by atoms with Gasteiger partial charge in [0.25, 0.3) is 0 Å². The van der Waals surface area contributed by atoms with Crippen molar-refractivity contribution in [1.82, 2.24) is 9.88 Å². The smallest absolute Gasteiger partial charge is 0.0960 e. The summed E-state index contributed by atoms with van der Waals surface area (Å²) in [6.07, 6.45) is 3.17. The Hall–Kier alpha value is -0.450. The summed E-state index contributed by atoms with van der Waals surface area (Å²) in [5.74, 6) is 0.653. The molecule has 90 valence electrons. The number of hydrogen-bond acceptors (Lipinski definition) is 4. The zero-order valence-electron chi connectivity index (χ0n) is 9.85. The lowest BCUT2D eigenvalue weighted by Gasteiger charge is -2.29. The zero-order chi connectivity index (χ0) is 11.4. The monoisotopic (exact) mass is 240 g/mol. The molecule has 1 aliphatic heterocycles. The third kappa shape index (κ3) is 2.81. The molecule has 1 saturated heterocycles. The molecule has 0 amide bonds. The second kappa shape index (κ2) is 5.75. The van der Waals surface area contributed by atoms with Crippen molar-refractivity contribution < 1.29 is 5.11 Å². The summed E-state index contributed by atoms with van der Waals surface area (Å²) in [7, 11) is 0. The molecule has 16 heavy (non-hydrogen) atoms. The van der Waals surface area contributed by atoms with Crippen LogP contribution in [0.4, 0.5) is 0 Å². The van der Waals surface area contributed by atoms with E-state index in [1.165, 1.54) is 37.5 Å². The Balaban J connectivity index is 1.92. The number of aromatic nitrogens is 1. The number of piperidine rings is 1. The largest absolute Gasteiger partial charge is 0.396 e. The Morgan fingerprint density at radius 3 is 2.88 bits per heavy atom. The summed E-state index contributed by atoms with van der Waals surface area (Å²) in [4.78, 5) is 7.11. The van der Waals surface area contributed by atoms with Gasteiger partial charge in [-0.25, -0.2) is 4.98 Å². The topological polar surface area (TPSA) is 36.4 Å². The van der Waals surface area contributed by atoms with E-state index in [9.17, 15) is 0 Å². The van der Waals surface area contributed by atoms with Gasteiger partial charge in [-0.1, -0.05) is 6.92 Å². The normalized spacial score (nSPS) is 19.1. The van der Waals surface area contributed by atoms with Crippen LogP contribution >= 0.6 is 11.3 Å². The van der Waals surface area contributed by atoms with Gasteiger partial charge in [0.1, 0.15) is 0 Å². The summed E-state index contributed by atoms with van der Waals surface area (Å²) < 4.78 is 0. The SMILES string of the molecule is CCN1CCC(c2nc(CCO)cs2)CC1. The molecule has 0 aromatic carbocycles. The van der Waals surface area contributed by atoms with Crippen LogP contribution in [0.3, 0.4) is 0 Å². The van der Waals surface area contributed by atoms with E-state index in [4.69, 9.17) is 5.11 Å². The maximum atomic E-state index is 8.86. The quantitative estimate of drug-likeness (QED) is 0.873. The van der Waals surface area contributed by atoms with Gasteiger partial charge in [0.2, 0.25) is 0 Å². The fourth-order valence-corrected chi connectivity index (χ4v) is 3.26. The summed E-state index contributed by atoms with van der Waals surface area (Å²) in [5.41, 5.74) is 1.06. The van der Waals surface area contributed by atoms with Gasteiger partial charge in [-0.15, -0.1) is 11.3 Å². The first-order chi connectivity index (χ1) is 7.83. The Morgan fingerprint density at radius 2 is 2.25 bits per heavy atom. The molecule has 1 aliphatic rings. The highest BCUT2D eigenvalue weighted by Gasteiger charge is 2.21. The van der Waals surface area contributed by atoms with Gasteiger partial charge in [0, 0.05) is 24.3 Å². The minimum atomic E-state index is 0.206. The predicted octanol–water partition coefficient (Wildman–Crippen LogP) is 1.88. The lowest BCUT2D eigenvalue weighted by Crippen LogP contribution is -2.32. The van der Waals surface area contributed by atoms with E-state index in [1.807, 2.05) is 0 Å². The minimum Gasteiger partial charge on any atom is -0.396 e. The van der Waals surface area contributed by atoms with E-state index in [1.54, 1.807) is 11.3 Å². The van der Waals surface area contributed by atoms with Crippen LogP contribution in [0.1, 0.15) is 36.4 Å². The molecule has 0 radical (unpaired) electrons. The Bertz CT molecular complexity index is 319. The zero-order valence-corrected chi connectivity index (χ0v) is 10.7. The number of thiazole rings is 1. The van der Waals surface area contributed by atoms with Crippen molar-refractivity contribution in [3.8, 4) is 0 Å². The van der Waals surface area contributed by atoms with Crippen LogP contribution in [0, 0.1) is 0 Å². The van der Waals surface area contributed by atoms with Crippen LogP contribution in [0.15, 0.2) is 5.38 Å². The van der Waals surface area contributed by atoms with Gasteiger partial charge in [0.05, 0.1) is 10.7 Å². The predicted molar refractivity (Wildman–Crippen MR) is 67.0 cm³/mol. The Kier molecular flexibility index (Phi) is 4.32. The van der Waals surface area contributed by atoms with Crippen molar-refractivity contribution in [3.05, 3.63) is 16.1 Å². The van der Waals surface area contributed by atoms with Crippen LogP contribution in [0.25, 0.3) is 0 Å². The van der Waals surface area contributed by atoms with Crippen molar-refractivity contribution in [3.63, 3.8) is 0 Å². The molecule has 0 bridgehead atoms. The van der Waals surface area contributed by atoms with Crippen molar-refractivity contribution in [1.29, 1.82) is 0 Å². The first kappa shape index (κ1) is 12.0. The molecule has 4 heteroatoms. The molecule has 3 nitrogen and oxygen atoms in total. The molecule has 2 heterocycles. The molecule has 0 spiro atoms. The molecule has 0 atom stereocenters. The van der Waals surface area contributed by atoms with Gasteiger partial charge >= 0.3 is 0 Å². The molecule has 1 N–H and O–H groups in total. The highest BCUT2D eigenvalue weighted by Crippen LogP contribution is 2.30. The molecule has 0 saturated carbocycles. The average Bonchev–Trinajstić information content (AvgIpc) is 2.78. The number of aliphatic hydroxyl groups is 1. The second-order valence-electron chi connectivity index (χ2n) is 4.36. The first-order valence-corrected chi connectivity index (χ1v) is 6.99. The van der Waals surface area contributed by atoms with E-state index in [2.05, 4.69) is 22.2 Å². The van der Waals surface area contributed by atoms with Crippen molar-refractivity contribution >= 4 is 11.3 Å². The molecule has 1 fully saturated rings. The van der Waals surface area contributed by atoms with E-state index < -0.39 is 0 Å². The molecule has 0 unspecified atom stereocenters. The molecule has 0 aliphatic carbocycles. The Labute approximate surface area is 101 Å². The van der Waals surface area contributed by atoms with Gasteiger partial charge in [-0.05, 0) is 32.5 Å². The highest BCUT2D eigenvalue weighted by molar-refractivity contribution is 7.09. The van der Waals surface area contributed by atoms with Crippen LogP contribution in [0.2, 0.25) is 0 Å². The molecular formula is C12H20N2OS. The summed E-state index contributed by atoms with van der Waals surface area (Å²) in [6, 6.07) is 0. The highest BCUT2D eigenvalue weighted by atomic mass is 32.1. The third-order valence-corrected chi connectivity index (χ3v) is 4.38. The van der Waals surface area contributed by atoms with Crippen LogP contribution in [-0.2, 0) is 6.42 Å². The number of nitrogens with zero attached hydrogens (tertiary/aromatic N) is 2. The minimum absolute atomic E-state index is 0.206. The van der Waals surface area contributed by atoms with E-state index in [0.717, 1.165) is 5.69 Å². The Morgan fingerprint density at radius 1 is 1.50 bits per heavy atom. The average molecular weight is 240 g/mol. The van der Waals surface area contributed by atoms with Gasteiger partial charge in [-0.2, -0.15) is 0 Å². The van der Waals surface area contributed by atoms with Gasteiger partial charge < -0.3 is 10.0 Å². The van der Waals surface area contributed by atoms with E-state index >= 15 is 0 Å². The lowest BCUT2D eigenvalue weighted by molar-refractivity contribution is 0.222. The van der Waals surface area contributed by atoms with Gasteiger partial charge in [-0.3, -0.25) is 0 Å². The summed E-state index contributed by atoms with van der Waals surface area (Å²) in [5, 5.41) is 12.2. The van der Waals surface area contributed by atoms with Crippen molar-refractivity contribution in [2.45, 2.75) is 32.1 Å². The van der Waals surface area contributed by atoms with Crippen molar-refractivity contribution in [2.75, 3.05) is 26.2 Å². The number of aliphatic hydroxyl groups excluding tert-OH is 1. The van der Waals surface area contributed by atoms with Crippen LogP contribution < -0.4 is 0 Å². The maximum Gasteiger partial charge on any atom is 0.0960 e. The molecule has 1 aromatic rings. The fourth-order valence-electron chi connectivity index (χ4n) is 2.24. The molecule has 2 rings (SSSR count). The van der Waals surface area contributed by atoms with Crippen LogP contribution in [0.5, 0.6) is 0 Å². The fraction of sp³-hybridized carbons (Fsp3) is 0.750. The van der Waals surface area contributed by atoms with E-state index in [0.29, 0.717) is 12.3 Å². The standard InChI is InChI=1S/C12H20N2OS/c1-2-14-6-3-10(4-7-14)12-13-11(5-8-15)9-16-12/h9-10,15H,2-8H2,1H3. The summed E-state index contributed by atoms with van der Waals surface area (Å²) >= 11 is 1.76. The summed E-state index contributed by atoms with van der Waals surface area (Å²) in [6.45, 7) is 6.01. The van der Waals surface area contributed by atoms with Gasteiger partial charge in [0.15, 0.2) is 0 Å². The van der Waals surface area contributed by atoms with E-state index in [-0.39, 0.29) is 6.61 Å². The van der Waals surface area contributed by atoms with Crippen LogP contribution in [-0.4, -0.2) is 41.2 Å². The third-order valence-electron chi connectivity index (χ3n) is 3.32. The molecular weight excluding hydrogens is 220 g/mol. The lowest BCUT2D eigenvalue weighted by atomic mass is 9.97. The number of hydrogen-bond donors (Lipinski definition) is 1. The second-order valence-corrected chi connectivity index (χ2v) is 5.25. The number of rotatable bonds is 4. The van der Waals surface area contributed by atoms with Crippen molar-refractivity contribution in [2.24, 2.45) is 0 Å².